The lowest BCUT2D eigenvalue weighted by Crippen LogP contribution is -2.35. The molecule has 0 unspecified atom stereocenters. The normalized spacial score (nSPS) is 12.7. The number of aliphatic carboxylic acids is 1. The molecular formula is C13H18BrNO2. The maximum Gasteiger partial charge on any atom is 0.304 e. The van der Waals surface area contributed by atoms with Crippen LogP contribution in [0.2, 0.25) is 0 Å². The molecule has 3 nitrogen and oxygen atoms in total. The van der Waals surface area contributed by atoms with Gasteiger partial charge < -0.3 is 10.4 Å². The van der Waals surface area contributed by atoms with Gasteiger partial charge in [-0.1, -0.05) is 48.0 Å². The molecule has 0 aliphatic heterocycles. The Morgan fingerprint density at radius 2 is 2.06 bits per heavy atom. The van der Waals surface area contributed by atoms with Crippen LogP contribution in [0.25, 0.3) is 0 Å². The Labute approximate surface area is 110 Å². The molecule has 0 saturated heterocycles. The highest BCUT2D eigenvalue weighted by Gasteiger charge is 2.16. The molecule has 0 aliphatic rings. The Morgan fingerprint density at radius 3 is 2.59 bits per heavy atom. The maximum atomic E-state index is 10.7. The second kappa shape index (κ2) is 6.77. The lowest BCUT2D eigenvalue weighted by molar-refractivity contribution is -0.137. The summed E-state index contributed by atoms with van der Waals surface area (Å²) in [5, 5.41) is 12.1. The average molecular weight is 300 g/mol. The van der Waals surface area contributed by atoms with E-state index >= 15 is 0 Å². The number of halogens is 1. The molecular weight excluding hydrogens is 282 g/mol. The van der Waals surface area contributed by atoms with Gasteiger partial charge >= 0.3 is 5.97 Å². The molecule has 0 fully saturated rings. The predicted molar refractivity (Wildman–Crippen MR) is 71.9 cm³/mol. The van der Waals surface area contributed by atoms with Gasteiger partial charge in [-0.25, -0.2) is 0 Å². The Hall–Kier alpha value is -0.870. The van der Waals surface area contributed by atoms with Crippen LogP contribution in [0.5, 0.6) is 0 Å². The van der Waals surface area contributed by atoms with Crippen LogP contribution in [0.1, 0.15) is 25.8 Å². The van der Waals surface area contributed by atoms with Gasteiger partial charge in [0, 0.05) is 17.1 Å². The van der Waals surface area contributed by atoms with E-state index in [0.717, 1.165) is 10.0 Å². The Balaban J connectivity index is 2.58. The highest BCUT2D eigenvalue weighted by atomic mass is 79.9. The monoisotopic (exact) mass is 299 g/mol. The van der Waals surface area contributed by atoms with Crippen molar-refractivity contribution >= 4 is 21.9 Å². The summed E-state index contributed by atoms with van der Waals surface area (Å²) in [6, 6.07) is 7.95. The Morgan fingerprint density at radius 1 is 1.41 bits per heavy atom. The first-order valence-electron chi connectivity index (χ1n) is 5.69. The van der Waals surface area contributed by atoms with Crippen molar-refractivity contribution < 1.29 is 9.90 Å². The highest BCUT2D eigenvalue weighted by Crippen LogP contribution is 2.16. The van der Waals surface area contributed by atoms with Crippen LogP contribution in [0.4, 0.5) is 0 Å². The standard InChI is InChI=1S/C13H18BrNO2/c1-9(2)12(7-13(16)17)15-8-10-5-3-4-6-11(10)14/h3-6,9,12,15H,7-8H2,1-2H3,(H,16,17)/t12-/m0/s1. The van der Waals surface area contributed by atoms with Crippen molar-refractivity contribution in [1.29, 1.82) is 0 Å². The third-order valence-corrected chi connectivity index (χ3v) is 3.49. The minimum absolute atomic E-state index is 0.000365. The number of carboxylic acid groups (broad SMARTS) is 1. The lowest BCUT2D eigenvalue weighted by Gasteiger charge is -2.21. The largest absolute Gasteiger partial charge is 0.481 e. The number of hydrogen-bond donors (Lipinski definition) is 2. The third-order valence-electron chi connectivity index (χ3n) is 2.71. The molecule has 94 valence electrons. The fourth-order valence-electron chi connectivity index (χ4n) is 1.61. The fraction of sp³-hybridized carbons (Fsp3) is 0.462. The molecule has 0 heterocycles. The quantitative estimate of drug-likeness (QED) is 0.849. The first-order chi connectivity index (χ1) is 8.00. The van der Waals surface area contributed by atoms with Gasteiger partial charge in [0.2, 0.25) is 0 Å². The highest BCUT2D eigenvalue weighted by molar-refractivity contribution is 9.10. The van der Waals surface area contributed by atoms with E-state index in [1.807, 2.05) is 38.1 Å². The van der Waals surface area contributed by atoms with Gasteiger partial charge in [0.05, 0.1) is 6.42 Å². The van der Waals surface area contributed by atoms with E-state index in [4.69, 9.17) is 5.11 Å². The molecule has 0 aromatic heterocycles. The predicted octanol–water partition coefficient (Wildman–Crippen LogP) is 3.04. The van der Waals surface area contributed by atoms with Crippen LogP contribution in [0, 0.1) is 5.92 Å². The number of carboxylic acids is 1. The number of hydrogen-bond acceptors (Lipinski definition) is 2. The van der Waals surface area contributed by atoms with Crippen molar-refractivity contribution in [2.75, 3.05) is 0 Å². The molecule has 2 N–H and O–H groups in total. The number of benzene rings is 1. The van der Waals surface area contributed by atoms with E-state index in [0.29, 0.717) is 12.5 Å². The van der Waals surface area contributed by atoms with Gasteiger partial charge in [-0.2, -0.15) is 0 Å². The topological polar surface area (TPSA) is 49.3 Å². The average Bonchev–Trinajstić information content (AvgIpc) is 2.25. The molecule has 0 bridgehead atoms. The summed E-state index contributed by atoms with van der Waals surface area (Å²) in [4.78, 5) is 10.7. The van der Waals surface area contributed by atoms with Crippen LogP contribution in [0.15, 0.2) is 28.7 Å². The Bertz CT molecular complexity index is 379. The maximum absolute atomic E-state index is 10.7. The molecule has 0 radical (unpaired) electrons. The zero-order valence-electron chi connectivity index (χ0n) is 10.1. The zero-order chi connectivity index (χ0) is 12.8. The van der Waals surface area contributed by atoms with Gasteiger partial charge in [-0.15, -0.1) is 0 Å². The molecule has 0 saturated carbocycles. The molecule has 4 heteroatoms. The molecule has 17 heavy (non-hydrogen) atoms. The van der Waals surface area contributed by atoms with Gasteiger partial charge in [0.25, 0.3) is 0 Å². The Kier molecular flexibility index (Phi) is 5.65. The van der Waals surface area contributed by atoms with E-state index < -0.39 is 5.97 Å². The minimum atomic E-state index is -0.761. The fourth-order valence-corrected chi connectivity index (χ4v) is 2.04. The van der Waals surface area contributed by atoms with Crippen LogP contribution < -0.4 is 5.32 Å². The van der Waals surface area contributed by atoms with Gasteiger partial charge in [-0.3, -0.25) is 4.79 Å². The summed E-state index contributed by atoms with van der Waals surface area (Å²) in [7, 11) is 0. The summed E-state index contributed by atoms with van der Waals surface area (Å²) in [6.07, 6.45) is 0.155. The second-order valence-electron chi connectivity index (χ2n) is 4.42. The van der Waals surface area contributed by atoms with E-state index in [2.05, 4.69) is 21.2 Å². The first kappa shape index (κ1) is 14.2. The van der Waals surface area contributed by atoms with Crippen LogP contribution >= 0.6 is 15.9 Å². The van der Waals surface area contributed by atoms with Crippen molar-refractivity contribution in [2.45, 2.75) is 32.9 Å². The SMILES string of the molecule is CC(C)[C@H](CC(=O)O)NCc1ccccc1Br. The van der Waals surface area contributed by atoms with E-state index in [1.54, 1.807) is 0 Å². The second-order valence-corrected chi connectivity index (χ2v) is 5.28. The number of rotatable bonds is 6. The molecule has 0 amide bonds. The van der Waals surface area contributed by atoms with Crippen LogP contribution in [-0.2, 0) is 11.3 Å². The smallest absolute Gasteiger partial charge is 0.304 e. The van der Waals surface area contributed by atoms with Crippen molar-refractivity contribution in [2.24, 2.45) is 5.92 Å². The van der Waals surface area contributed by atoms with Crippen molar-refractivity contribution in [3.8, 4) is 0 Å². The molecule has 1 rings (SSSR count). The summed E-state index contributed by atoms with van der Waals surface area (Å²) < 4.78 is 1.05. The lowest BCUT2D eigenvalue weighted by atomic mass is 10.0. The third kappa shape index (κ3) is 4.88. The summed E-state index contributed by atoms with van der Waals surface area (Å²) >= 11 is 3.48. The van der Waals surface area contributed by atoms with Gasteiger partial charge in [0.1, 0.15) is 0 Å². The van der Waals surface area contributed by atoms with Crippen LogP contribution in [0.3, 0.4) is 0 Å². The number of nitrogens with one attached hydrogen (secondary N) is 1. The van der Waals surface area contributed by atoms with Gasteiger partial charge in [-0.05, 0) is 17.5 Å². The number of carbonyl (C=O) groups is 1. The minimum Gasteiger partial charge on any atom is -0.481 e. The summed E-state index contributed by atoms with van der Waals surface area (Å²) in [6.45, 7) is 4.73. The van der Waals surface area contributed by atoms with Crippen LogP contribution in [-0.4, -0.2) is 17.1 Å². The van der Waals surface area contributed by atoms with Crippen molar-refractivity contribution in [1.82, 2.24) is 5.32 Å². The van der Waals surface area contributed by atoms with Gasteiger partial charge in [0.15, 0.2) is 0 Å². The van der Waals surface area contributed by atoms with E-state index in [1.165, 1.54) is 0 Å². The van der Waals surface area contributed by atoms with Crippen molar-refractivity contribution in [3.63, 3.8) is 0 Å². The molecule has 1 aromatic carbocycles. The zero-order valence-corrected chi connectivity index (χ0v) is 11.7. The molecule has 1 aromatic rings. The van der Waals surface area contributed by atoms with Crippen molar-refractivity contribution in [3.05, 3.63) is 34.3 Å². The summed E-state index contributed by atoms with van der Waals surface area (Å²) in [5.41, 5.74) is 1.14. The molecule has 0 aliphatic carbocycles. The van der Waals surface area contributed by atoms with E-state index in [-0.39, 0.29) is 12.5 Å². The first-order valence-corrected chi connectivity index (χ1v) is 6.48. The molecule has 0 spiro atoms. The molecule has 1 atom stereocenters. The summed E-state index contributed by atoms with van der Waals surface area (Å²) in [5.74, 6) is -0.461. The van der Waals surface area contributed by atoms with E-state index in [9.17, 15) is 4.79 Å².